The highest BCUT2D eigenvalue weighted by Crippen LogP contribution is 2.30. The van der Waals surface area contributed by atoms with E-state index in [4.69, 9.17) is 0 Å². The number of para-hydroxylation sites is 1. The van der Waals surface area contributed by atoms with Gasteiger partial charge in [0, 0.05) is 23.7 Å². The fourth-order valence-electron chi connectivity index (χ4n) is 2.44. The molecule has 0 atom stereocenters. The molecule has 0 saturated carbocycles. The van der Waals surface area contributed by atoms with E-state index in [1.807, 2.05) is 41.3 Å². The van der Waals surface area contributed by atoms with Gasteiger partial charge in [-0.25, -0.2) is 8.42 Å². The minimum absolute atomic E-state index is 0.296. The van der Waals surface area contributed by atoms with Crippen molar-refractivity contribution in [2.24, 2.45) is 0 Å². The van der Waals surface area contributed by atoms with Gasteiger partial charge >= 0.3 is 0 Å². The normalized spacial score (nSPS) is 11.6. The number of nitrogens with one attached hydrogen (secondary N) is 1. The molecule has 0 amide bonds. The highest BCUT2D eigenvalue weighted by atomic mass is 32.2. The van der Waals surface area contributed by atoms with Crippen LogP contribution in [0.4, 0.5) is 5.69 Å². The van der Waals surface area contributed by atoms with Gasteiger partial charge < -0.3 is 0 Å². The summed E-state index contributed by atoms with van der Waals surface area (Å²) in [4.78, 5) is 0. The van der Waals surface area contributed by atoms with Crippen molar-refractivity contribution in [3.63, 3.8) is 0 Å². The van der Waals surface area contributed by atoms with Crippen molar-refractivity contribution in [3.8, 4) is 11.3 Å². The van der Waals surface area contributed by atoms with Crippen LogP contribution in [0.2, 0.25) is 0 Å². The van der Waals surface area contributed by atoms with E-state index in [9.17, 15) is 8.42 Å². The van der Waals surface area contributed by atoms with Crippen molar-refractivity contribution in [1.82, 2.24) is 9.78 Å². The molecule has 0 aliphatic heterocycles. The molecule has 3 rings (SSSR count). The summed E-state index contributed by atoms with van der Waals surface area (Å²) in [6.07, 6.45) is 2.71. The van der Waals surface area contributed by atoms with Gasteiger partial charge in [0.25, 0.3) is 10.0 Å². The number of anilines is 1. The van der Waals surface area contributed by atoms with Gasteiger partial charge in [0.05, 0.1) is 11.4 Å². The van der Waals surface area contributed by atoms with E-state index in [2.05, 4.69) is 16.7 Å². The first kappa shape index (κ1) is 16.7. The maximum absolute atomic E-state index is 12.6. The number of nitrogens with zero attached hydrogens (tertiary/aromatic N) is 2. The average Bonchev–Trinajstić information content (AvgIpc) is 3.18. The van der Waals surface area contributed by atoms with Crippen molar-refractivity contribution in [3.05, 3.63) is 53.5 Å². The van der Waals surface area contributed by atoms with E-state index in [1.165, 1.54) is 11.3 Å². The Labute approximate surface area is 146 Å². The first-order valence-corrected chi connectivity index (χ1v) is 10.1. The van der Waals surface area contributed by atoms with Crippen LogP contribution >= 0.6 is 11.3 Å². The predicted octanol–water partition coefficient (Wildman–Crippen LogP) is 4.13. The third kappa shape index (κ3) is 3.37. The summed E-state index contributed by atoms with van der Waals surface area (Å²) in [5.41, 5.74) is 3.30. The Morgan fingerprint density at radius 3 is 2.79 bits per heavy atom. The topological polar surface area (TPSA) is 64.0 Å². The zero-order valence-corrected chi connectivity index (χ0v) is 15.2. The van der Waals surface area contributed by atoms with Crippen molar-refractivity contribution < 1.29 is 8.42 Å². The van der Waals surface area contributed by atoms with Crippen LogP contribution in [0.15, 0.2) is 52.2 Å². The minimum Gasteiger partial charge on any atom is -0.279 e. The molecule has 1 N–H and O–H groups in total. The smallest absolute Gasteiger partial charge is 0.271 e. The quantitative estimate of drug-likeness (QED) is 0.718. The number of aromatic nitrogens is 2. The van der Waals surface area contributed by atoms with Crippen LogP contribution in [-0.2, 0) is 16.6 Å². The SMILES string of the molecule is CCCn1nccc1-c1csc(S(=O)(=O)Nc2ccccc2C)c1. The number of hydrogen-bond donors (Lipinski definition) is 1. The molecular weight excluding hydrogens is 342 g/mol. The van der Waals surface area contributed by atoms with Gasteiger partial charge in [-0.05, 0) is 37.1 Å². The van der Waals surface area contributed by atoms with Gasteiger partial charge in [-0.3, -0.25) is 9.40 Å². The molecule has 0 fully saturated rings. The molecule has 0 spiro atoms. The van der Waals surface area contributed by atoms with Crippen LogP contribution in [-0.4, -0.2) is 18.2 Å². The van der Waals surface area contributed by atoms with Crippen molar-refractivity contribution in [1.29, 1.82) is 0 Å². The van der Waals surface area contributed by atoms with E-state index in [-0.39, 0.29) is 0 Å². The van der Waals surface area contributed by atoms with Gasteiger partial charge in [-0.2, -0.15) is 5.10 Å². The Morgan fingerprint density at radius 2 is 2.04 bits per heavy atom. The maximum Gasteiger partial charge on any atom is 0.271 e. The van der Waals surface area contributed by atoms with Crippen LogP contribution in [0.3, 0.4) is 0 Å². The molecule has 2 aromatic heterocycles. The van der Waals surface area contributed by atoms with E-state index in [0.717, 1.165) is 29.8 Å². The lowest BCUT2D eigenvalue weighted by molar-refractivity contribution is 0.603. The Balaban J connectivity index is 1.89. The third-order valence-corrected chi connectivity index (χ3v) is 6.48. The number of aryl methyl sites for hydroxylation is 2. The summed E-state index contributed by atoms with van der Waals surface area (Å²) in [6, 6.07) is 10.9. The predicted molar refractivity (Wildman–Crippen MR) is 97.8 cm³/mol. The monoisotopic (exact) mass is 361 g/mol. The summed E-state index contributed by atoms with van der Waals surface area (Å²) in [5.74, 6) is 0. The number of sulfonamides is 1. The average molecular weight is 361 g/mol. The summed E-state index contributed by atoms with van der Waals surface area (Å²) < 4.78 is 30.1. The second-order valence-electron chi connectivity index (χ2n) is 5.51. The molecule has 5 nitrogen and oxygen atoms in total. The number of hydrogen-bond acceptors (Lipinski definition) is 4. The zero-order valence-electron chi connectivity index (χ0n) is 13.6. The Morgan fingerprint density at radius 1 is 1.25 bits per heavy atom. The molecule has 0 bridgehead atoms. The molecule has 0 aliphatic carbocycles. The standard InChI is InChI=1S/C17H19N3O2S2/c1-3-10-20-16(8-9-18-20)14-11-17(23-12-14)24(21,22)19-15-7-5-4-6-13(15)2/h4-9,11-12,19H,3,10H2,1-2H3. The molecular formula is C17H19N3O2S2. The Hall–Kier alpha value is -2.12. The number of benzene rings is 1. The summed E-state index contributed by atoms with van der Waals surface area (Å²) in [6.45, 7) is 4.77. The van der Waals surface area contributed by atoms with Crippen LogP contribution in [0, 0.1) is 6.92 Å². The molecule has 3 aromatic rings. The van der Waals surface area contributed by atoms with Gasteiger partial charge in [-0.15, -0.1) is 11.3 Å². The second-order valence-corrected chi connectivity index (χ2v) is 8.33. The molecule has 7 heteroatoms. The first-order valence-electron chi connectivity index (χ1n) is 7.70. The lowest BCUT2D eigenvalue weighted by Crippen LogP contribution is -2.12. The minimum atomic E-state index is -3.59. The Kier molecular flexibility index (Phi) is 4.73. The van der Waals surface area contributed by atoms with Gasteiger partial charge in [0.15, 0.2) is 0 Å². The zero-order chi connectivity index (χ0) is 17.2. The lowest BCUT2D eigenvalue weighted by Gasteiger charge is -2.08. The third-order valence-electron chi connectivity index (χ3n) is 3.68. The molecule has 0 saturated heterocycles. The number of thiophene rings is 1. The van der Waals surface area contributed by atoms with Crippen LogP contribution in [0.1, 0.15) is 18.9 Å². The molecule has 2 heterocycles. The summed E-state index contributed by atoms with van der Waals surface area (Å²) in [5, 5.41) is 6.15. The van der Waals surface area contributed by atoms with Gasteiger partial charge in [-0.1, -0.05) is 25.1 Å². The Bertz CT molecular complexity index is 942. The van der Waals surface area contributed by atoms with E-state index in [0.29, 0.717) is 9.90 Å². The van der Waals surface area contributed by atoms with Crippen molar-refractivity contribution in [2.75, 3.05) is 4.72 Å². The largest absolute Gasteiger partial charge is 0.279 e. The van der Waals surface area contributed by atoms with Gasteiger partial charge in [0.2, 0.25) is 0 Å². The maximum atomic E-state index is 12.6. The van der Waals surface area contributed by atoms with E-state index >= 15 is 0 Å². The fraction of sp³-hybridized carbons (Fsp3) is 0.235. The van der Waals surface area contributed by atoms with Crippen molar-refractivity contribution in [2.45, 2.75) is 31.0 Å². The lowest BCUT2D eigenvalue weighted by atomic mass is 10.2. The molecule has 0 radical (unpaired) electrons. The second kappa shape index (κ2) is 6.78. The van der Waals surface area contributed by atoms with Gasteiger partial charge in [0.1, 0.15) is 4.21 Å². The van der Waals surface area contributed by atoms with Crippen molar-refractivity contribution >= 4 is 27.0 Å². The van der Waals surface area contributed by atoms with Crippen LogP contribution in [0.25, 0.3) is 11.3 Å². The first-order chi connectivity index (χ1) is 11.5. The fourth-order valence-corrected chi connectivity index (χ4v) is 4.75. The molecule has 24 heavy (non-hydrogen) atoms. The molecule has 126 valence electrons. The van der Waals surface area contributed by atoms with Crippen LogP contribution in [0.5, 0.6) is 0 Å². The molecule has 0 unspecified atom stereocenters. The summed E-state index contributed by atoms with van der Waals surface area (Å²) >= 11 is 1.22. The van der Waals surface area contributed by atoms with E-state index in [1.54, 1.807) is 18.3 Å². The van der Waals surface area contributed by atoms with E-state index < -0.39 is 10.0 Å². The molecule has 0 aliphatic rings. The summed E-state index contributed by atoms with van der Waals surface area (Å²) in [7, 11) is -3.59. The van der Waals surface area contributed by atoms with Crippen LogP contribution < -0.4 is 4.72 Å². The highest BCUT2D eigenvalue weighted by molar-refractivity contribution is 7.94. The highest BCUT2D eigenvalue weighted by Gasteiger charge is 2.19. The number of rotatable bonds is 6. The molecule has 1 aromatic carbocycles.